The van der Waals surface area contributed by atoms with Gasteiger partial charge in [0, 0.05) is 6.54 Å². The van der Waals surface area contributed by atoms with Gasteiger partial charge >= 0.3 is 0 Å². The van der Waals surface area contributed by atoms with Crippen molar-refractivity contribution in [3.8, 4) is 5.75 Å². The lowest BCUT2D eigenvalue weighted by Crippen LogP contribution is -2.08. The van der Waals surface area contributed by atoms with E-state index in [9.17, 15) is 0 Å². The van der Waals surface area contributed by atoms with Gasteiger partial charge in [0.25, 0.3) is 0 Å². The highest BCUT2D eigenvalue weighted by atomic mass is 35.5. The molecule has 0 bridgehead atoms. The fourth-order valence-electron chi connectivity index (χ4n) is 1.60. The van der Waals surface area contributed by atoms with E-state index in [1.807, 2.05) is 49.5 Å². The number of hydrogen-bond donors (Lipinski definition) is 1. The van der Waals surface area contributed by atoms with E-state index in [-0.39, 0.29) is 0 Å². The number of nitrogens with one attached hydrogen (secondary N) is 1. The maximum Gasteiger partial charge on any atom is 0.138 e. The summed E-state index contributed by atoms with van der Waals surface area (Å²) in [4.78, 5) is 4.48. The first kappa shape index (κ1) is 12.9. The van der Waals surface area contributed by atoms with Gasteiger partial charge in [0.1, 0.15) is 12.4 Å². The van der Waals surface area contributed by atoms with Crippen LogP contribution < -0.4 is 10.1 Å². The standard InChI is InChI=1S/C14H15ClN2O/c1-16-9-11-5-4-6-12(17-11)10-18-14-8-3-2-7-13(14)15/h2-8,16H,9-10H2,1H3. The number of halogens is 1. The Labute approximate surface area is 112 Å². The molecule has 0 atom stereocenters. The maximum atomic E-state index is 6.02. The first-order valence-electron chi connectivity index (χ1n) is 5.76. The molecule has 3 nitrogen and oxygen atoms in total. The Kier molecular flexibility index (Phi) is 4.56. The highest BCUT2D eigenvalue weighted by Crippen LogP contribution is 2.23. The Bertz CT molecular complexity index is 517. The van der Waals surface area contributed by atoms with Gasteiger partial charge in [-0.3, -0.25) is 4.98 Å². The van der Waals surface area contributed by atoms with E-state index >= 15 is 0 Å². The van der Waals surface area contributed by atoms with Gasteiger partial charge in [0.15, 0.2) is 0 Å². The largest absolute Gasteiger partial charge is 0.486 e. The molecule has 0 saturated heterocycles. The van der Waals surface area contributed by atoms with Crippen LogP contribution in [0.15, 0.2) is 42.5 Å². The normalized spacial score (nSPS) is 10.3. The smallest absolute Gasteiger partial charge is 0.138 e. The quantitative estimate of drug-likeness (QED) is 0.899. The van der Waals surface area contributed by atoms with E-state index < -0.39 is 0 Å². The van der Waals surface area contributed by atoms with E-state index in [0.717, 1.165) is 17.9 Å². The van der Waals surface area contributed by atoms with Crippen molar-refractivity contribution < 1.29 is 4.74 Å². The van der Waals surface area contributed by atoms with Crippen molar-refractivity contribution >= 4 is 11.6 Å². The van der Waals surface area contributed by atoms with Crippen LogP contribution in [0.1, 0.15) is 11.4 Å². The van der Waals surface area contributed by atoms with Crippen LogP contribution >= 0.6 is 11.6 Å². The number of pyridine rings is 1. The Morgan fingerprint density at radius 2 is 1.89 bits per heavy atom. The summed E-state index contributed by atoms with van der Waals surface area (Å²) in [6.07, 6.45) is 0. The van der Waals surface area contributed by atoms with Crippen LogP contribution in [0.4, 0.5) is 0 Å². The highest BCUT2D eigenvalue weighted by molar-refractivity contribution is 6.32. The molecular formula is C14H15ClN2O. The van der Waals surface area contributed by atoms with E-state index in [1.165, 1.54) is 0 Å². The maximum absolute atomic E-state index is 6.02. The number of nitrogens with zero attached hydrogens (tertiary/aromatic N) is 1. The van der Waals surface area contributed by atoms with E-state index in [1.54, 1.807) is 0 Å². The minimum absolute atomic E-state index is 0.418. The van der Waals surface area contributed by atoms with Gasteiger partial charge in [0.2, 0.25) is 0 Å². The monoisotopic (exact) mass is 262 g/mol. The van der Waals surface area contributed by atoms with Gasteiger partial charge in [-0.15, -0.1) is 0 Å². The molecule has 0 aliphatic rings. The molecule has 0 aliphatic heterocycles. The van der Waals surface area contributed by atoms with Crippen molar-refractivity contribution in [1.29, 1.82) is 0 Å². The second-order valence-electron chi connectivity index (χ2n) is 3.87. The average molecular weight is 263 g/mol. The summed E-state index contributed by atoms with van der Waals surface area (Å²) in [6, 6.07) is 13.3. The van der Waals surface area contributed by atoms with Gasteiger partial charge in [-0.2, -0.15) is 0 Å². The lowest BCUT2D eigenvalue weighted by molar-refractivity contribution is 0.301. The summed E-state index contributed by atoms with van der Waals surface area (Å²) in [6.45, 7) is 1.17. The van der Waals surface area contributed by atoms with Crippen LogP contribution in [0.5, 0.6) is 5.75 Å². The van der Waals surface area contributed by atoms with Gasteiger partial charge in [-0.1, -0.05) is 29.8 Å². The second kappa shape index (κ2) is 6.38. The molecule has 18 heavy (non-hydrogen) atoms. The van der Waals surface area contributed by atoms with Gasteiger partial charge in [-0.05, 0) is 31.3 Å². The van der Waals surface area contributed by atoms with Gasteiger partial charge < -0.3 is 10.1 Å². The third-order valence-corrected chi connectivity index (χ3v) is 2.75. The zero-order valence-corrected chi connectivity index (χ0v) is 10.9. The van der Waals surface area contributed by atoms with Crippen molar-refractivity contribution in [2.24, 2.45) is 0 Å². The van der Waals surface area contributed by atoms with Crippen molar-refractivity contribution in [1.82, 2.24) is 10.3 Å². The second-order valence-corrected chi connectivity index (χ2v) is 4.28. The molecule has 1 heterocycles. The predicted octanol–water partition coefficient (Wildman–Crippen LogP) is 3.03. The summed E-state index contributed by atoms with van der Waals surface area (Å²) in [5.74, 6) is 0.681. The van der Waals surface area contributed by atoms with Crippen molar-refractivity contribution in [2.75, 3.05) is 7.05 Å². The average Bonchev–Trinajstić information content (AvgIpc) is 2.39. The summed E-state index contributed by atoms with van der Waals surface area (Å²) in [5.41, 5.74) is 1.89. The van der Waals surface area contributed by atoms with Crippen LogP contribution in [0.2, 0.25) is 5.02 Å². The lowest BCUT2D eigenvalue weighted by atomic mass is 10.3. The van der Waals surface area contributed by atoms with Crippen LogP contribution in [-0.4, -0.2) is 12.0 Å². The number of hydrogen-bond acceptors (Lipinski definition) is 3. The molecule has 1 aromatic heterocycles. The molecule has 0 fully saturated rings. The molecule has 0 saturated carbocycles. The predicted molar refractivity (Wildman–Crippen MR) is 72.8 cm³/mol. The fourth-order valence-corrected chi connectivity index (χ4v) is 1.79. The molecule has 0 unspecified atom stereocenters. The van der Waals surface area contributed by atoms with Crippen LogP contribution in [0.3, 0.4) is 0 Å². The number of ether oxygens (including phenoxy) is 1. The number of aromatic nitrogens is 1. The van der Waals surface area contributed by atoms with E-state index in [0.29, 0.717) is 17.4 Å². The summed E-state index contributed by atoms with van der Waals surface area (Å²) in [7, 11) is 1.90. The van der Waals surface area contributed by atoms with Crippen LogP contribution in [0, 0.1) is 0 Å². The first-order chi connectivity index (χ1) is 8.79. The van der Waals surface area contributed by atoms with Crippen molar-refractivity contribution in [3.63, 3.8) is 0 Å². The third-order valence-electron chi connectivity index (χ3n) is 2.43. The van der Waals surface area contributed by atoms with Crippen molar-refractivity contribution in [2.45, 2.75) is 13.2 Å². The zero-order chi connectivity index (χ0) is 12.8. The highest BCUT2D eigenvalue weighted by Gasteiger charge is 2.02. The third kappa shape index (κ3) is 3.45. The molecule has 1 aromatic carbocycles. The Balaban J connectivity index is 2.02. The van der Waals surface area contributed by atoms with Gasteiger partial charge in [0.05, 0.1) is 16.4 Å². The van der Waals surface area contributed by atoms with Crippen molar-refractivity contribution in [3.05, 3.63) is 58.9 Å². The minimum Gasteiger partial charge on any atom is -0.486 e. The molecule has 0 amide bonds. The lowest BCUT2D eigenvalue weighted by Gasteiger charge is -2.08. The summed E-state index contributed by atoms with van der Waals surface area (Å²) >= 11 is 6.02. The number of para-hydroxylation sites is 1. The van der Waals surface area contributed by atoms with E-state index in [4.69, 9.17) is 16.3 Å². The molecule has 0 radical (unpaired) electrons. The molecule has 94 valence electrons. The topological polar surface area (TPSA) is 34.1 Å². The Morgan fingerprint density at radius 1 is 1.11 bits per heavy atom. The Morgan fingerprint density at radius 3 is 2.67 bits per heavy atom. The molecular weight excluding hydrogens is 248 g/mol. The molecule has 0 spiro atoms. The molecule has 2 rings (SSSR count). The fraction of sp³-hybridized carbons (Fsp3) is 0.214. The number of rotatable bonds is 5. The molecule has 2 aromatic rings. The first-order valence-corrected chi connectivity index (χ1v) is 6.14. The minimum atomic E-state index is 0.418. The molecule has 4 heteroatoms. The summed E-state index contributed by atoms with van der Waals surface area (Å²) in [5, 5.41) is 3.68. The summed E-state index contributed by atoms with van der Waals surface area (Å²) < 4.78 is 5.64. The van der Waals surface area contributed by atoms with Crippen LogP contribution in [-0.2, 0) is 13.2 Å². The van der Waals surface area contributed by atoms with E-state index in [2.05, 4.69) is 10.3 Å². The number of benzene rings is 1. The van der Waals surface area contributed by atoms with Crippen LogP contribution in [0.25, 0.3) is 0 Å². The molecule has 1 N–H and O–H groups in total. The molecule has 0 aliphatic carbocycles. The van der Waals surface area contributed by atoms with Gasteiger partial charge in [-0.25, -0.2) is 0 Å². The zero-order valence-electron chi connectivity index (χ0n) is 10.2. The Hall–Kier alpha value is -1.58. The SMILES string of the molecule is CNCc1cccc(COc2ccccc2Cl)n1.